The van der Waals surface area contributed by atoms with Crippen molar-refractivity contribution in [3.05, 3.63) is 18.1 Å². The normalized spacial score (nSPS) is 33.5. The largest absolute Gasteiger partial charge is 0.391 e. The van der Waals surface area contributed by atoms with Gasteiger partial charge in [-0.05, 0) is 64.2 Å². The van der Waals surface area contributed by atoms with Gasteiger partial charge in [0.05, 0.1) is 17.5 Å². The highest BCUT2D eigenvalue weighted by Crippen LogP contribution is 2.40. The van der Waals surface area contributed by atoms with Crippen molar-refractivity contribution in [3.63, 3.8) is 0 Å². The molecule has 0 amide bonds. The number of anilines is 1. The van der Waals surface area contributed by atoms with E-state index < -0.39 is 24.2 Å². The summed E-state index contributed by atoms with van der Waals surface area (Å²) in [4.78, 5) is 8.80. The smallest absolute Gasteiger partial charge is 0.367 e. The highest BCUT2D eigenvalue weighted by Gasteiger charge is 2.43. The van der Waals surface area contributed by atoms with Crippen LogP contribution in [0.2, 0.25) is 0 Å². The minimum absolute atomic E-state index is 0.0366. The van der Waals surface area contributed by atoms with Crippen LogP contribution in [-0.2, 0) is 0 Å². The Bertz CT molecular complexity index is 782. The maximum atomic E-state index is 13.0. The number of nitrogens with one attached hydrogen (secondary N) is 2. The maximum Gasteiger partial charge on any atom is 0.391 e. The average Bonchev–Trinajstić information content (AvgIpc) is 2.79. The first-order chi connectivity index (χ1) is 16.1. The summed E-state index contributed by atoms with van der Waals surface area (Å²) in [6, 6.07) is 2.12. The number of halogens is 6. The SMILES string of the molecule is FC(F)(F)C1CCC(Nc2cc(C3CCCCC3NC3CCC(C(F)(F)F)CC3)ncn2)CC1. The van der Waals surface area contributed by atoms with Crippen molar-refractivity contribution in [2.45, 2.75) is 113 Å². The molecule has 0 radical (unpaired) electrons. The minimum Gasteiger partial charge on any atom is -0.367 e. The van der Waals surface area contributed by atoms with Crippen LogP contribution in [0.1, 0.15) is 88.7 Å². The Morgan fingerprint density at radius 1 is 0.676 bits per heavy atom. The lowest BCUT2D eigenvalue weighted by Crippen LogP contribution is -2.46. The maximum absolute atomic E-state index is 13.0. The van der Waals surface area contributed by atoms with Crippen molar-refractivity contribution in [3.8, 4) is 0 Å². The molecule has 0 aromatic carbocycles. The first-order valence-electron chi connectivity index (χ1n) is 12.6. The molecule has 2 atom stereocenters. The van der Waals surface area contributed by atoms with Crippen LogP contribution in [-0.4, -0.2) is 40.4 Å². The Balaban J connectivity index is 1.34. The second-order valence-corrected chi connectivity index (χ2v) is 10.3. The molecular formula is C24H34F6N4. The van der Waals surface area contributed by atoms with Gasteiger partial charge < -0.3 is 10.6 Å². The summed E-state index contributed by atoms with van der Waals surface area (Å²) >= 11 is 0. The van der Waals surface area contributed by atoms with E-state index in [0.29, 0.717) is 31.5 Å². The van der Waals surface area contributed by atoms with Gasteiger partial charge in [-0.3, -0.25) is 0 Å². The second-order valence-electron chi connectivity index (χ2n) is 10.3. The van der Waals surface area contributed by atoms with Crippen molar-refractivity contribution in [1.29, 1.82) is 0 Å². The quantitative estimate of drug-likeness (QED) is 0.447. The molecule has 1 aromatic rings. The topological polar surface area (TPSA) is 49.8 Å². The molecule has 0 spiro atoms. The predicted molar refractivity (Wildman–Crippen MR) is 117 cm³/mol. The van der Waals surface area contributed by atoms with E-state index in [4.69, 9.17) is 0 Å². The van der Waals surface area contributed by atoms with E-state index >= 15 is 0 Å². The van der Waals surface area contributed by atoms with Crippen molar-refractivity contribution in [2.24, 2.45) is 11.8 Å². The Morgan fingerprint density at radius 2 is 1.24 bits per heavy atom. The third kappa shape index (κ3) is 6.55. The fourth-order valence-corrected chi connectivity index (χ4v) is 6.00. The molecule has 2 N–H and O–H groups in total. The van der Waals surface area contributed by atoms with Crippen LogP contribution in [0.3, 0.4) is 0 Å². The third-order valence-electron chi connectivity index (χ3n) is 8.02. The third-order valence-corrected chi connectivity index (χ3v) is 8.02. The lowest BCUT2D eigenvalue weighted by Gasteiger charge is -2.38. The summed E-state index contributed by atoms with van der Waals surface area (Å²) < 4.78 is 77.8. The number of hydrogen-bond donors (Lipinski definition) is 2. The molecule has 0 bridgehead atoms. The zero-order valence-corrected chi connectivity index (χ0v) is 19.3. The molecule has 4 nitrogen and oxygen atoms in total. The number of hydrogen-bond acceptors (Lipinski definition) is 4. The van der Waals surface area contributed by atoms with E-state index in [1.54, 1.807) is 0 Å². The highest BCUT2D eigenvalue weighted by molar-refractivity contribution is 5.37. The average molecular weight is 493 g/mol. The Hall–Kier alpha value is -1.58. The van der Waals surface area contributed by atoms with E-state index in [0.717, 1.165) is 31.4 Å². The van der Waals surface area contributed by atoms with E-state index in [2.05, 4.69) is 20.6 Å². The van der Waals surface area contributed by atoms with Crippen LogP contribution >= 0.6 is 0 Å². The van der Waals surface area contributed by atoms with E-state index in [9.17, 15) is 26.3 Å². The molecule has 3 aliphatic carbocycles. The molecule has 1 heterocycles. The van der Waals surface area contributed by atoms with Crippen molar-refractivity contribution >= 4 is 5.82 Å². The molecule has 2 unspecified atom stereocenters. The lowest BCUT2D eigenvalue weighted by atomic mass is 9.80. The molecular weight excluding hydrogens is 458 g/mol. The first kappa shape index (κ1) is 25.5. The molecule has 4 rings (SSSR count). The number of alkyl halides is 6. The van der Waals surface area contributed by atoms with Crippen LogP contribution in [0.25, 0.3) is 0 Å². The van der Waals surface area contributed by atoms with Crippen LogP contribution < -0.4 is 10.6 Å². The Labute approximate surface area is 196 Å². The van der Waals surface area contributed by atoms with Crippen molar-refractivity contribution in [2.75, 3.05) is 5.32 Å². The Morgan fingerprint density at radius 3 is 1.82 bits per heavy atom. The van der Waals surface area contributed by atoms with Gasteiger partial charge in [-0.1, -0.05) is 12.8 Å². The predicted octanol–water partition coefficient (Wildman–Crippen LogP) is 6.75. The molecule has 3 aliphatic rings. The first-order valence-corrected chi connectivity index (χ1v) is 12.6. The van der Waals surface area contributed by atoms with Gasteiger partial charge in [-0.2, -0.15) is 26.3 Å². The summed E-state index contributed by atoms with van der Waals surface area (Å²) in [6.45, 7) is 0. The molecule has 0 aliphatic heterocycles. The van der Waals surface area contributed by atoms with Crippen LogP contribution in [0, 0.1) is 11.8 Å². The van der Waals surface area contributed by atoms with Gasteiger partial charge in [-0.15, -0.1) is 0 Å². The molecule has 34 heavy (non-hydrogen) atoms. The molecule has 3 saturated carbocycles. The molecule has 3 fully saturated rings. The second kappa shape index (κ2) is 10.6. The van der Waals surface area contributed by atoms with Gasteiger partial charge in [0, 0.05) is 30.1 Å². The minimum atomic E-state index is -4.12. The zero-order valence-electron chi connectivity index (χ0n) is 19.3. The molecule has 0 saturated heterocycles. The van der Waals surface area contributed by atoms with Crippen LogP contribution in [0.15, 0.2) is 12.4 Å². The molecule has 1 aromatic heterocycles. The summed E-state index contributed by atoms with van der Waals surface area (Å²) in [5.74, 6) is -1.62. The van der Waals surface area contributed by atoms with Gasteiger partial charge in [-0.25, -0.2) is 9.97 Å². The van der Waals surface area contributed by atoms with Crippen molar-refractivity contribution < 1.29 is 26.3 Å². The fourth-order valence-electron chi connectivity index (χ4n) is 6.00. The van der Waals surface area contributed by atoms with Gasteiger partial charge in [0.1, 0.15) is 12.1 Å². The van der Waals surface area contributed by atoms with Gasteiger partial charge >= 0.3 is 12.4 Å². The monoisotopic (exact) mass is 492 g/mol. The summed E-state index contributed by atoms with van der Waals surface area (Å²) in [6.07, 6.45) is -0.0913. The van der Waals surface area contributed by atoms with E-state index in [-0.39, 0.29) is 49.7 Å². The van der Waals surface area contributed by atoms with Gasteiger partial charge in [0.2, 0.25) is 0 Å². The number of aromatic nitrogens is 2. The summed E-state index contributed by atoms with van der Waals surface area (Å²) in [5, 5.41) is 6.95. The molecule has 10 heteroatoms. The van der Waals surface area contributed by atoms with Crippen LogP contribution in [0.5, 0.6) is 0 Å². The number of nitrogens with zero attached hydrogens (tertiary/aromatic N) is 2. The summed E-state index contributed by atoms with van der Waals surface area (Å²) in [7, 11) is 0. The fraction of sp³-hybridized carbons (Fsp3) is 0.833. The molecule has 192 valence electrons. The lowest BCUT2D eigenvalue weighted by molar-refractivity contribution is -0.183. The van der Waals surface area contributed by atoms with Crippen LogP contribution in [0.4, 0.5) is 32.2 Å². The van der Waals surface area contributed by atoms with Gasteiger partial charge in [0.25, 0.3) is 0 Å². The standard InChI is InChI=1S/C24H34F6N4/c25-23(26,27)15-5-9-17(10-6-15)33-20-4-2-1-3-19(20)21-13-22(32-14-31-21)34-18-11-7-16(8-12-18)24(28,29)30/h13-20,33H,1-12H2,(H,31,32,34). The van der Waals surface area contributed by atoms with E-state index in [1.165, 1.54) is 6.33 Å². The zero-order chi connectivity index (χ0) is 24.3. The number of rotatable bonds is 5. The Kier molecular flexibility index (Phi) is 7.94. The van der Waals surface area contributed by atoms with Crippen molar-refractivity contribution in [1.82, 2.24) is 15.3 Å². The summed E-state index contributed by atoms with van der Waals surface area (Å²) in [5.41, 5.74) is 0.891. The van der Waals surface area contributed by atoms with E-state index in [1.807, 2.05) is 6.07 Å². The highest BCUT2D eigenvalue weighted by atomic mass is 19.4. The van der Waals surface area contributed by atoms with Gasteiger partial charge in [0.15, 0.2) is 0 Å².